The van der Waals surface area contributed by atoms with Gasteiger partial charge in [0.25, 0.3) is 5.91 Å². The van der Waals surface area contributed by atoms with Crippen molar-refractivity contribution in [1.29, 1.82) is 0 Å². The lowest BCUT2D eigenvalue weighted by Crippen LogP contribution is -2.58. The number of cyclic esters (lactones) is 1. The molecule has 5 atom stereocenters. The maximum absolute atomic E-state index is 14.0. The molecule has 6 rings (SSSR count). The van der Waals surface area contributed by atoms with Crippen molar-refractivity contribution in [3.8, 4) is 0 Å². The highest BCUT2D eigenvalue weighted by molar-refractivity contribution is 7.91. The molecule has 14 nitrogen and oxygen atoms in total. The molecule has 0 radical (unpaired) electrons. The van der Waals surface area contributed by atoms with Gasteiger partial charge in [0.2, 0.25) is 21.8 Å². The molecule has 3 N–H and O–H groups in total. The normalized spacial score (nSPS) is 30.3. The number of alkyl carbamates (subject to hydrolysis) is 1. The molecule has 0 aromatic heterocycles. The average Bonchev–Trinajstić information content (AvgIpc) is 3.95. The van der Waals surface area contributed by atoms with E-state index in [0.29, 0.717) is 25.9 Å². The monoisotopic (exact) mass is 711 g/mol. The highest BCUT2D eigenvalue weighted by Crippen LogP contribution is 2.45. The van der Waals surface area contributed by atoms with Crippen molar-refractivity contribution in [2.45, 2.75) is 101 Å². The number of rotatable bonds is 6. The minimum Gasteiger partial charge on any atom is -0.449 e. The number of nitrogens with one attached hydrogen (secondary N) is 3. The Kier molecular flexibility index (Phi) is 9.48. The molecule has 270 valence electrons. The van der Waals surface area contributed by atoms with Crippen LogP contribution in [0.2, 0.25) is 0 Å². The van der Waals surface area contributed by atoms with Crippen LogP contribution in [-0.2, 0) is 47.0 Å². The maximum atomic E-state index is 14.0. The third-order valence-corrected chi connectivity index (χ3v) is 12.0. The minimum atomic E-state index is -3.90. The standard InChI is InChI=1S/C35H45N5O9S/c1-5-24-16-35(24,31(43)38-50(46,47)26-12-13-26)37-29(41)28-15-25-18-40(28)30(42)21(2)36-32(44)48-20-34(3,4)14-7-6-9-22-10-8-11-23-17-39(19-27(22)23)33(45)49-25/h5-6,8-11,21,24-26,28H,1,7,12-20H2,2-4H3,(H,36,44)(H,37,41)(H,38,43)/b9-6+/t21-,24?,25+,28-,35+/m0/s1. The minimum absolute atomic E-state index is 0.0831. The van der Waals surface area contributed by atoms with E-state index in [0.717, 1.165) is 29.5 Å². The van der Waals surface area contributed by atoms with Gasteiger partial charge in [0.1, 0.15) is 23.7 Å². The Morgan fingerprint density at radius 1 is 1.14 bits per heavy atom. The summed E-state index contributed by atoms with van der Waals surface area (Å²) in [6.07, 6.45) is 5.69. The number of nitrogens with zero attached hydrogens (tertiary/aromatic N) is 2. The molecule has 5 aliphatic rings. The summed E-state index contributed by atoms with van der Waals surface area (Å²) in [5.74, 6) is -2.75. The number of amides is 5. The van der Waals surface area contributed by atoms with Crippen LogP contribution in [0.4, 0.5) is 9.59 Å². The molecule has 15 heteroatoms. The highest BCUT2D eigenvalue weighted by atomic mass is 32.2. The number of benzene rings is 1. The lowest BCUT2D eigenvalue weighted by atomic mass is 9.88. The molecule has 50 heavy (non-hydrogen) atoms. The number of sulfonamides is 1. The van der Waals surface area contributed by atoms with Gasteiger partial charge in [-0.15, -0.1) is 6.58 Å². The first-order chi connectivity index (χ1) is 23.6. The molecule has 2 saturated carbocycles. The average molecular weight is 712 g/mol. The van der Waals surface area contributed by atoms with Crippen molar-refractivity contribution in [2.24, 2.45) is 11.3 Å². The van der Waals surface area contributed by atoms with Crippen LogP contribution in [-0.4, -0.2) is 90.3 Å². The fourth-order valence-electron chi connectivity index (χ4n) is 6.89. The molecular formula is C35H45N5O9S. The van der Waals surface area contributed by atoms with Crippen molar-refractivity contribution >= 4 is 46.0 Å². The Morgan fingerprint density at radius 2 is 1.90 bits per heavy atom. The molecule has 1 aromatic rings. The van der Waals surface area contributed by atoms with E-state index in [2.05, 4.69) is 28.0 Å². The fourth-order valence-corrected chi connectivity index (χ4v) is 8.25. The van der Waals surface area contributed by atoms with Crippen LogP contribution >= 0.6 is 0 Å². The number of allylic oxidation sites excluding steroid dienone is 1. The molecule has 2 aliphatic carbocycles. The van der Waals surface area contributed by atoms with Crippen LogP contribution < -0.4 is 15.4 Å². The summed E-state index contributed by atoms with van der Waals surface area (Å²) >= 11 is 0. The van der Waals surface area contributed by atoms with Crippen molar-refractivity contribution in [3.63, 3.8) is 0 Å². The Hall–Kier alpha value is -4.40. The smallest absolute Gasteiger partial charge is 0.410 e. The van der Waals surface area contributed by atoms with E-state index in [-0.39, 0.29) is 31.4 Å². The third kappa shape index (κ3) is 7.37. The number of hydrogen-bond donors (Lipinski definition) is 3. The summed E-state index contributed by atoms with van der Waals surface area (Å²) in [6, 6.07) is 3.59. The molecule has 0 spiro atoms. The van der Waals surface area contributed by atoms with Crippen LogP contribution in [0.25, 0.3) is 6.08 Å². The van der Waals surface area contributed by atoms with Crippen molar-refractivity contribution in [2.75, 3.05) is 13.2 Å². The summed E-state index contributed by atoms with van der Waals surface area (Å²) in [6.45, 7) is 9.80. The zero-order chi connectivity index (χ0) is 36.0. The van der Waals surface area contributed by atoms with E-state index in [1.807, 2.05) is 38.1 Å². The van der Waals surface area contributed by atoms with Gasteiger partial charge in [-0.2, -0.15) is 0 Å². The van der Waals surface area contributed by atoms with Gasteiger partial charge in [0, 0.05) is 18.9 Å². The molecular weight excluding hydrogens is 666 g/mol. The first kappa shape index (κ1) is 35.4. The Balaban J connectivity index is 1.24. The predicted molar refractivity (Wildman–Crippen MR) is 181 cm³/mol. The van der Waals surface area contributed by atoms with Gasteiger partial charge >= 0.3 is 12.2 Å². The number of carbonyl (C=O) groups excluding carboxylic acids is 5. The SMILES string of the molecule is C=CC1C[C@]1(NC(=O)[C@@H]1C[C@@H]2CN1C(=O)[C@H](C)NC(=O)OCC(C)(C)CC/C=C/c1cccc3c1CN(C3)C(=O)O2)C(=O)NS(=O)(=O)C1CC1. The quantitative estimate of drug-likeness (QED) is 0.374. The lowest BCUT2D eigenvalue weighted by Gasteiger charge is -2.29. The topological polar surface area (TPSA) is 181 Å². The van der Waals surface area contributed by atoms with Gasteiger partial charge < -0.3 is 25.0 Å². The summed E-state index contributed by atoms with van der Waals surface area (Å²) < 4.78 is 38.6. The molecule has 4 bridgehead atoms. The Bertz CT molecular complexity index is 1740. The van der Waals surface area contributed by atoms with E-state index >= 15 is 0 Å². The molecule has 3 heterocycles. The van der Waals surface area contributed by atoms with Gasteiger partial charge in [-0.05, 0) is 61.1 Å². The second-order valence-electron chi connectivity index (χ2n) is 14.8. The molecule has 3 aliphatic heterocycles. The molecule has 1 aromatic carbocycles. The summed E-state index contributed by atoms with van der Waals surface area (Å²) in [7, 11) is -3.90. The molecule has 1 unspecified atom stereocenters. The second kappa shape index (κ2) is 13.4. The third-order valence-electron chi connectivity index (χ3n) is 10.2. The molecule has 5 amide bonds. The second-order valence-corrected chi connectivity index (χ2v) is 16.8. The zero-order valence-electron chi connectivity index (χ0n) is 28.6. The number of fused-ring (bicyclic) bond motifs is 3. The summed E-state index contributed by atoms with van der Waals surface area (Å²) in [4.78, 5) is 70.2. The predicted octanol–water partition coefficient (Wildman–Crippen LogP) is 2.73. The van der Waals surface area contributed by atoms with E-state index < -0.39 is 74.8 Å². The largest absolute Gasteiger partial charge is 0.449 e. The van der Waals surface area contributed by atoms with E-state index in [1.54, 1.807) is 4.90 Å². The summed E-state index contributed by atoms with van der Waals surface area (Å²) in [5.41, 5.74) is 1.08. The van der Waals surface area contributed by atoms with Crippen LogP contribution in [0.15, 0.2) is 36.9 Å². The first-order valence-electron chi connectivity index (χ1n) is 17.1. The molecule has 1 saturated heterocycles. The van der Waals surface area contributed by atoms with Gasteiger partial charge in [-0.3, -0.25) is 24.0 Å². The van der Waals surface area contributed by atoms with Crippen LogP contribution in [0, 0.1) is 11.3 Å². The van der Waals surface area contributed by atoms with E-state index in [9.17, 15) is 32.4 Å². The Labute approximate surface area is 292 Å². The first-order valence-corrected chi connectivity index (χ1v) is 18.6. The van der Waals surface area contributed by atoms with Crippen LogP contribution in [0.1, 0.15) is 76.0 Å². The van der Waals surface area contributed by atoms with Gasteiger partial charge in [-0.25, -0.2) is 18.0 Å². The van der Waals surface area contributed by atoms with Crippen molar-refractivity contribution in [3.05, 3.63) is 53.6 Å². The summed E-state index contributed by atoms with van der Waals surface area (Å²) in [5, 5.41) is 4.61. The highest BCUT2D eigenvalue weighted by Gasteiger charge is 2.62. The van der Waals surface area contributed by atoms with Crippen LogP contribution in [0.3, 0.4) is 0 Å². The maximum Gasteiger partial charge on any atom is 0.410 e. The lowest BCUT2D eigenvalue weighted by molar-refractivity contribution is -0.140. The van der Waals surface area contributed by atoms with Crippen molar-refractivity contribution in [1.82, 2.24) is 25.2 Å². The van der Waals surface area contributed by atoms with Gasteiger partial charge in [0.05, 0.1) is 24.9 Å². The van der Waals surface area contributed by atoms with E-state index in [4.69, 9.17) is 9.47 Å². The number of carbonyl (C=O) groups is 5. The van der Waals surface area contributed by atoms with Gasteiger partial charge in [0.15, 0.2) is 0 Å². The van der Waals surface area contributed by atoms with E-state index in [1.165, 1.54) is 17.9 Å². The number of ether oxygens (including phenoxy) is 2. The zero-order valence-corrected chi connectivity index (χ0v) is 29.4. The number of hydrogen-bond acceptors (Lipinski definition) is 9. The van der Waals surface area contributed by atoms with Crippen molar-refractivity contribution < 1.29 is 41.9 Å². The molecule has 3 fully saturated rings. The van der Waals surface area contributed by atoms with Gasteiger partial charge in [-0.1, -0.05) is 50.3 Å². The van der Waals surface area contributed by atoms with Crippen LogP contribution in [0.5, 0.6) is 0 Å². The fraction of sp³-hybridized carbons (Fsp3) is 0.571. The Morgan fingerprint density at radius 3 is 2.60 bits per heavy atom.